The van der Waals surface area contributed by atoms with Crippen molar-refractivity contribution < 1.29 is 24.1 Å². The zero-order valence-corrected chi connectivity index (χ0v) is 27.7. The van der Waals surface area contributed by atoms with Gasteiger partial charge in [-0.3, -0.25) is 0 Å². The van der Waals surface area contributed by atoms with Crippen molar-refractivity contribution >= 4 is 0 Å². The van der Waals surface area contributed by atoms with Crippen LogP contribution in [0.25, 0.3) is 0 Å². The molecule has 1 N–H and O–H groups in total. The van der Waals surface area contributed by atoms with Gasteiger partial charge in [-0.15, -0.1) is 0 Å². The normalized spacial score (nSPS) is 20.1. The number of aliphatic hydroxyl groups is 1. The van der Waals surface area contributed by atoms with Crippen LogP contribution >= 0.6 is 0 Å². The second-order valence-corrected chi connectivity index (χ2v) is 12.4. The number of unbranched alkanes of at least 4 members (excludes halogenated alkanes) is 10. The van der Waals surface area contributed by atoms with E-state index in [0.717, 1.165) is 42.4 Å². The Morgan fingerprint density at radius 3 is 1.40 bits per heavy atom. The molecule has 1 aliphatic heterocycles. The van der Waals surface area contributed by atoms with Crippen LogP contribution in [0.2, 0.25) is 0 Å². The number of hydrogen-bond acceptors (Lipinski definition) is 5. The third-order valence-corrected chi connectivity index (χ3v) is 8.91. The third kappa shape index (κ3) is 10.2. The second kappa shape index (κ2) is 19.9. The highest BCUT2D eigenvalue weighted by Gasteiger charge is 2.47. The minimum absolute atomic E-state index is 0.230. The summed E-state index contributed by atoms with van der Waals surface area (Å²) >= 11 is 0. The van der Waals surface area contributed by atoms with E-state index in [1.807, 2.05) is 54.6 Å². The maximum Gasteiger partial charge on any atom is 0.184 e. The molecule has 45 heavy (non-hydrogen) atoms. The number of rotatable bonds is 22. The third-order valence-electron chi connectivity index (χ3n) is 8.91. The van der Waals surface area contributed by atoms with Gasteiger partial charge in [0.05, 0.1) is 6.61 Å². The van der Waals surface area contributed by atoms with Gasteiger partial charge in [0, 0.05) is 13.2 Å². The van der Waals surface area contributed by atoms with Crippen molar-refractivity contribution in [1.82, 2.24) is 0 Å². The van der Waals surface area contributed by atoms with E-state index in [0.29, 0.717) is 13.2 Å². The lowest BCUT2D eigenvalue weighted by atomic mass is 9.80. The SMILES string of the molecule is CCCCCCCCO[C@@H]1[C@H](OCCCCCCCC)[C@@H](COC(c2ccccc2)(c2ccccc2)c2ccccc2)O[C@@H]1O. The Bertz CT molecular complexity index is 1060. The topological polar surface area (TPSA) is 57.2 Å². The van der Waals surface area contributed by atoms with Crippen LogP contribution < -0.4 is 0 Å². The molecule has 0 aromatic heterocycles. The predicted molar refractivity (Wildman–Crippen MR) is 182 cm³/mol. The monoisotopic (exact) mass is 616 g/mol. The van der Waals surface area contributed by atoms with E-state index in [9.17, 15) is 5.11 Å². The first-order valence-electron chi connectivity index (χ1n) is 17.6. The van der Waals surface area contributed by atoms with Gasteiger partial charge in [-0.2, -0.15) is 0 Å². The number of hydrogen-bond donors (Lipinski definition) is 1. The zero-order chi connectivity index (χ0) is 31.6. The first-order valence-corrected chi connectivity index (χ1v) is 17.6. The Hall–Kier alpha value is -2.54. The molecule has 5 nitrogen and oxygen atoms in total. The van der Waals surface area contributed by atoms with Crippen LogP contribution in [-0.4, -0.2) is 49.5 Å². The molecule has 0 unspecified atom stereocenters. The van der Waals surface area contributed by atoms with Crippen molar-refractivity contribution in [1.29, 1.82) is 0 Å². The first-order chi connectivity index (χ1) is 22.2. The van der Waals surface area contributed by atoms with Gasteiger partial charge in [0.15, 0.2) is 6.29 Å². The summed E-state index contributed by atoms with van der Waals surface area (Å²) < 4.78 is 26.1. The molecule has 246 valence electrons. The van der Waals surface area contributed by atoms with E-state index >= 15 is 0 Å². The highest BCUT2D eigenvalue weighted by molar-refractivity contribution is 5.47. The van der Waals surface area contributed by atoms with Gasteiger partial charge in [0.25, 0.3) is 0 Å². The van der Waals surface area contributed by atoms with Crippen LogP contribution in [-0.2, 0) is 24.5 Å². The van der Waals surface area contributed by atoms with E-state index < -0.39 is 30.2 Å². The summed E-state index contributed by atoms with van der Waals surface area (Å²) in [6.45, 7) is 5.91. The average molecular weight is 617 g/mol. The molecule has 0 saturated carbocycles. The maximum absolute atomic E-state index is 11.1. The molecule has 0 bridgehead atoms. The van der Waals surface area contributed by atoms with E-state index in [-0.39, 0.29) is 6.61 Å². The summed E-state index contributed by atoms with van der Waals surface area (Å²) in [7, 11) is 0. The largest absolute Gasteiger partial charge is 0.372 e. The summed E-state index contributed by atoms with van der Waals surface area (Å²) in [5, 5.41) is 11.1. The average Bonchev–Trinajstić information content (AvgIpc) is 3.39. The van der Waals surface area contributed by atoms with E-state index in [1.165, 1.54) is 51.4 Å². The second-order valence-electron chi connectivity index (χ2n) is 12.4. The lowest BCUT2D eigenvalue weighted by molar-refractivity contribution is -0.155. The van der Waals surface area contributed by atoms with Crippen LogP contribution in [0, 0.1) is 0 Å². The van der Waals surface area contributed by atoms with Crippen molar-refractivity contribution in [2.75, 3.05) is 19.8 Å². The Morgan fingerprint density at radius 1 is 0.556 bits per heavy atom. The molecular weight excluding hydrogens is 560 g/mol. The molecular formula is C40H56O5. The standard InChI is InChI=1S/C40H56O5/c1-3-5-7-9-11-22-30-42-37-36(45-39(41)38(37)43-31-23-12-10-8-6-4-2)32-44-40(33-24-16-13-17-25-33,34-26-18-14-19-27-34)35-28-20-15-21-29-35/h13-21,24-29,36-39,41H,3-12,22-23,30-32H2,1-2H3/t36-,37-,38-,39+/m1/s1. The van der Waals surface area contributed by atoms with Gasteiger partial charge in [0.2, 0.25) is 0 Å². The molecule has 0 radical (unpaired) electrons. The fraction of sp³-hybridized carbons (Fsp3) is 0.550. The molecule has 1 fully saturated rings. The first kappa shape index (κ1) is 35.3. The van der Waals surface area contributed by atoms with Crippen LogP contribution in [0.4, 0.5) is 0 Å². The molecule has 0 amide bonds. The Balaban J connectivity index is 1.52. The highest BCUT2D eigenvalue weighted by Crippen LogP contribution is 2.41. The van der Waals surface area contributed by atoms with Gasteiger partial charge >= 0.3 is 0 Å². The minimum Gasteiger partial charge on any atom is -0.372 e. The van der Waals surface area contributed by atoms with Crippen molar-refractivity contribution in [2.45, 2.75) is 121 Å². The smallest absolute Gasteiger partial charge is 0.184 e. The number of ether oxygens (including phenoxy) is 4. The molecule has 0 spiro atoms. The summed E-state index contributed by atoms with van der Waals surface area (Å²) in [5.74, 6) is 0. The van der Waals surface area contributed by atoms with E-state index in [2.05, 4.69) is 50.2 Å². The number of aliphatic hydroxyl groups excluding tert-OH is 1. The van der Waals surface area contributed by atoms with Crippen molar-refractivity contribution in [2.24, 2.45) is 0 Å². The van der Waals surface area contributed by atoms with Crippen LogP contribution in [0.3, 0.4) is 0 Å². The predicted octanol–water partition coefficient (Wildman–Crippen LogP) is 9.20. The van der Waals surface area contributed by atoms with Crippen LogP contribution in [0.1, 0.15) is 108 Å². The van der Waals surface area contributed by atoms with E-state index in [4.69, 9.17) is 18.9 Å². The van der Waals surface area contributed by atoms with Gasteiger partial charge in [-0.25, -0.2) is 0 Å². The molecule has 5 heteroatoms. The van der Waals surface area contributed by atoms with Gasteiger partial charge in [0.1, 0.15) is 23.9 Å². The lowest BCUT2D eigenvalue weighted by Gasteiger charge is -2.37. The van der Waals surface area contributed by atoms with Crippen molar-refractivity contribution in [3.05, 3.63) is 108 Å². The molecule has 0 aliphatic carbocycles. The molecule has 1 saturated heterocycles. The Labute approximate surface area is 272 Å². The summed E-state index contributed by atoms with van der Waals surface area (Å²) in [6, 6.07) is 31.1. The van der Waals surface area contributed by atoms with Crippen molar-refractivity contribution in [3.8, 4) is 0 Å². The zero-order valence-electron chi connectivity index (χ0n) is 27.7. The Morgan fingerprint density at radius 2 is 0.956 bits per heavy atom. The minimum atomic E-state index is -1.06. The summed E-state index contributed by atoms with van der Waals surface area (Å²) in [6.07, 6.45) is 11.7. The molecule has 3 aromatic carbocycles. The molecule has 3 aromatic rings. The highest BCUT2D eigenvalue weighted by atomic mass is 16.7. The lowest BCUT2D eigenvalue weighted by Crippen LogP contribution is -2.42. The van der Waals surface area contributed by atoms with Gasteiger partial charge in [-0.1, -0.05) is 169 Å². The van der Waals surface area contributed by atoms with Crippen molar-refractivity contribution in [3.63, 3.8) is 0 Å². The van der Waals surface area contributed by atoms with Crippen LogP contribution in [0.15, 0.2) is 91.0 Å². The number of benzene rings is 3. The Kier molecular flexibility index (Phi) is 15.6. The van der Waals surface area contributed by atoms with Crippen LogP contribution in [0.5, 0.6) is 0 Å². The summed E-state index contributed by atoms with van der Waals surface area (Å²) in [5.41, 5.74) is 2.21. The molecule has 4 atom stereocenters. The fourth-order valence-electron chi connectivity index (χ4n) is 6.40. The molecule has 1 heterocycles. The molecule has 1 aliphatic rings. The maximum atomic E-state index is 11.1. The van der Waals surface area contributed by atoms with Gasteiger partial charge < -0.3 is 24.1 Å². The quantitative estimate of drug-likeness (QED) is 0.0901. The summed E-state index contributed by atoms with van der Waals surface area (Å²) in [4.78, 5) is 0. The fourth-order valence-corrected chi connectivity index (χ4v) is 6.40. The van der Waals surface area contributed by atoms with E-state index in [1.54, 1.807) is 0 Å². The van der Waals surface area contributed by atoms with Gasteiger partial charge in [-0.05, 0) is 29.5 Å². The molecule has 4 rings (SSSR count).